The molecular formula is C17H20FNO3. The van der Waals surface area contributed by atoms with E-state index in [4.69, 9.17) is 9.47 Å². The van der Waals surface area contributed by atoms with Crippen LogP contribution in [0.4, 0.5) is 4.39 Å². The summed E-state index contributed by atoms with van der Waals surface area (Å²) in [4.78, 5) is 14.2. The number of likely N-dealkylation sites (tertiary alicyclic amines) is 1. The van der Waals surface area contributed by atoms with Crippen LogP contribution in [0.2, 0.25) is 0 Å². The van der Waals surface area contributed by atoms with E-state index in [-0.39, 0.29) is 11.5 Å². The van der Waals surface area contributed by atoms with Crippen LogP contribution in [-0.4, -0.2) is 36.9 Å². The molecule has 0 radical (unpaired) electrons. The molecule has 22 heavy (non-hydrogen) atoms. The lowest BCUT2D eigenvalue weighted by molar-refractivity contribution is -0.122. The number of likely N-dealkylation sites (N-methyl/N-ethyl adjacent to an activating group) is 1. The van der Waals surface area contributed by atoms with Crippen molar-refractivity contribution in [1.82, 2.24) is 4.90 Å². The summed E-state index contributed by atoms with van der Waals surface area (Å²) in [5, 5.41) is 0. The number of benzene rings is 1. The van der Waals surface area contributed by atoms with E-state index in [0.717, 1.165) is 30.5 Å². The fraction of sp³-hybridized carbons (Fsp3) is 0.588. The van der Waals surface area contributed by atoms with Gasteiger partial charge in [0.2, 0.25) is 0 Å². The quantitative estimate of drug-likeness (QED) is 0.800. The van der Waals surface area contributed by atoms with Gasteiger partial charge in [-0.3, -0.25) is 4.79 Å². The maximum Gasteiger partial charge on any atom is 0.397 e. The third-order valence-corrected chi connectivity index (χ3v) is 5.60. The molecule has 5 heteroatoms. The molecule has 3 atom stereocenters. The molecule has 3 aliphatic rings. The van der Waals surface area contributed by atoms with E-state index in [2.05, 4.69) is 18.0 Å². The summed E-state index contributed by atoms with van der Waals surface area (Å²) in [6, 6.07) is 4.24. The zero-order valence-corrected chi connectivity index (χ0v) is 12.9. The molecule has 118 valence electrons. The van der Waals surface area contributed by atoms with Gasteiger partial charge in [-0.1, -0.05) is 6.07 Å². The number of nitrogens with zero attached hydrogens (tertiary/aromatic N) is 1. The second-order valence-electron chi connectivity index (χ2n) is 6.78. The molecule has 0 N–H and O–H groups in total. The maximum absolute atomic E-state index is 13.4. The summed E-state index contributed by atoms with van der Waals surface area (Å²) in [7, 11) is 2.09. The van der Waals surface area contributed by atoms with Crippen LogP contribution >= 0.6 is 0 Å². The second-order valence-corrected chi connectivity index (χ2v) is 6.78. The van der Waals surface area contributed by atoms with Crippen molar-refractivity contribution in [3.05, 3.63) is 23.3 Å². The van der Waals surface area contributed by atoms with Gasteiger partial charge in [0.05, 0.1) is 0 Å². The molecule has 1 saturated heterocycles. The largest absolute Gasteiger partial charge is 0.425 e. The van der Waals surface area contributed by atoms with Crippen LogP contribution in [0.5, 0.6) is 11.5 Å². The fourth-order valence-corrected chi connectivity index (χ4v) is 4.41. The number of aryl methyl sites for hydroxylation is 1. The van der Waals surface area contributed by atoms with Crippen molar-refractivity contribution in [3.8, 4) is 11.5 Å². The Labute approximate surface area is 129 Å². The van der Waals surface area contributed by atoms with E-state index in [1.165, 1.54) is 0 Å². The van der Waals surface area contributed by atoms with E-state index in [1.54, 1.807) is 0 Å². The van der Waals surface area contributed by atoms with Crippen LogP contribution in [-0.2, 0) is 10.2 Å². The van der Waals surface area contributed by atoms with E-state index < -0.39 is 6.54 Å². The first kappa shape index (κ1) is 14.0. The molecule has 0 aromatic heterocycles. The molecule has 4 rings (SSSR count). The van der Waals surface area contributed by atoms with Crippen LogP contribution in [0, 0.1) is 6.92 Å². The first-order chi connectivity index (χ1) is 10.5. The molecule has 4 nitrogen and oxygen atoms in total. The number of Topliss-reactive ketones (excluding diaryl/α,β-unsaturated/α-hetero) is 1. The highest BCUT2D eigenvalue weighted by molar-refractivity contribution is 5.81. The van der Waals surface area contributed by atoms with Crippen molar-refractivity contribution >= 4 is 5.78 Å². The average Bonchev–Trinajstić information content (AvgIpc) is 3.01. The molecule has 2 fully saturated rings. The number of ketones is 1. The zero-order valence-electron chi connectivity index (χ0n) is 12.9. The predicted molar refractivity (Wildman–Crippen MR) is 78.9 cm³/mol. The number of fused-ring (bicyclic) bond motifs is 2. The Morgan fingerprint density at radius 2 is 2.14 bits per heavy atom. The van der Waals surface area contributed by atoms with Gasteiger partial charge in [-0.15, -0.1) is 0 Å². The lowest BCUT2D eigenvalue weighted by Crippen LogP contribution is -2.46. The van der Waals surface area contributed by atoms with E-state index in [1.807, 2.05) is 13.0 Å². The zero-order chi connectivity index (χ0) is 15.5. The van der Waals surface area contributed by atoms with E-state index >= 15 is 0 Å². The van der Waals surface area contributed by atoms with Crippen molar-refractivity contribution in [2.75, 3.05) is 13.6 Å². The predicted octanol–water partition coefficient (Wildman–Crippen LogP) is 2.71. The number of alkyl halides is 1. The minimum atomic E-state index is -1.71. The molecule has 0 amide bonds. The highest BCUT2D eigenvalue weighted by Gasteiger charge is 2.50. The number of carbonyl (C=O) groups is 1. The first-order valence-corrected chi connectivity index (χ1v) is 7.84. The maximum atomic E-state index is 13.4. The van der Waals surface area contributed by atoms with Crippen LogP contribution in [0.15, 0.2) is 12.1 Å². The molecule has 2 heterocycles. The first-order valence-electron chi connectivity index (χ1n) is 7.84. The topological polar surface area (TPSA) is 38.8 Å². The van der Waals surface area contributed by atoms with Crippen LogP contribution in [0.3, 0.4) is 0 Å². The standard InChI is InChI=1S/C17H20FNO3/c1-10-7-11(8-13-15(10)22-16(18)21-13)17-4-3-12(20)9-14(17)19(2)6-5-17/h7-8,14,16H,3-6,9H2,1-2H3/t14-,16+,17-/m0/s1. The van der Waals surface area contributed by atoms with Gasteiger partial charge in [0.25, 0.3) is 0 Å². The summed E-state index contributed by atoms with van der Waals surface area (Å²) in [5.74, 6) is 1.33. The Kier molecular flexibility index (Phi) is 2.98. The minimum Gasteiger partial charge on any atom is -0.425 e. The number of hydrogen-bond donors (Lipinski definition) is 0. The third kappa shape index (κ3) is 1.88. The molecule has 2 aliphatic heterocycles. The van der Waals surface area contributed by atoms with Crippen molar-refractivity contribution in [2.24, 2.45) is 0 Å². The van der Waals surface area contributed by atoms with Crippen LogP contribution in [0.1, 0.15) is 36.8 Å². The molecular weight excluding hydrogens is 285 g/mol. The van der Waals surface area contributed by atoms with Crippen molar-refractivity contribution in [2.45, 2.75) is 50.6 Å². The number of carbonyl (C=O) groups excluding carboxylic acids is 1. The smallest absolute Gasteiger partial charge is 0.397 e. The van der Waals surface area contributed by atoms with Crippen molar-refractivity contribution < 1.29 is 18.7 Å². The van der Waals surface area contributed by atoms with Gasteiger partial charge in [-0.05, 0) is 50.6 Å². The Balaban J connectivity index is 1.79. The van der Waals surface area contributed by atoms with Gasteiger partial charge in [-0.2, -0.15) is 4.39 Å². The Morgan fingerprint density at radius 1 is 1.32 bits per heavy atom. The summed E-state index contributed by atoms with van der Waals surface area (Å²) in [6.07, 6.45) is 3.12. The summed E-state index contributed by atoms with van der Waals surface area (Å²) >= 11 is 0. The molecule has 1 aliphatic carbocycles. The molecule has 1 saturated carbocycles. The highest BCUT2D eigenvalue weighted by Crippen LogP contribution is 2.50. The van der Waals surface area contributed by atoms with Gasteiger partial charge in [0.15, 0.2) is 11.5 Å². The monoisotopic (exact) mass is 305 g/mol. The normalized spacial score (nSPS) is 34.0. The molecule has 0 spiro atoms. The van der Waals surface area contributed by atoms with Crippen LogP contribution in [0.25, 0.3) is 0 Å². The Hall–Kier alpha value is -1.62. The van der Waals surface area contributed by atoms with Crippen molar-refractivity contribution in [1.29, 1.82) is 0 Å². The van der Waals surface area contributed by atoms with E-state index in [0.29, 0.717) is 30.1 Å². The molecule has 1 aromatic rings. The lowest BCUT2D eigenvalue weighted by Gasteiger charge is -2.41. The molecule has 1 aromatic carbocycles. The van der Waals surface area contributed by atoms with Gasteiger partial charge in [0.1, 0.15) is 5.78 Å². The highest BCUT2D eigenvalue weighted by atomic mass is 19.2. The number of halogens is 1. The SMILES string of the molecule is Cc1cc([C@@]23CCC(=O)C[C@@H]2N(C)CC3)cc2c1O[C@H](F)O2. The summed E-state index contributed by atoms with van der Waals surface area (Å²) in [5.41, 5.74) is 2.02. The number of ether oxygens (including phenoxy) is 2. The number of rotatable bonds is 1. The van der Waals surface area contributed by atoms with Gasteiger partial charge < -0.3 is 14.4 Å². The Bertz CT molecular complexity index is 647. The second kappa shape index (κ2) is 4.69. The average molecular weight is 305 g/mol. The third-order valence-electron chi connectivity index (χ3n) is 5.60. The Morgan fingerprint density at radius 3 is 2.95 bits per heavy atom. The van der Waals surface area contributed by atoms with Gasteiger partial charge in [0, 0.05) is 24.3 Å². The summed E-state index contributed by atoms with van der Waals surface area (Å²) < 4.78 is 23.6. The van der Waals surface area contributed by atoms with Crippen LogP contribution < -0.4 is 9.47 Å². The van der Waals surface area contributed by atoms with E-state index in [9.17, 15) is 9.18 Å². The summed E-state index contributed by atoms with van der Waals surface area (Å²) in [6.45, 7) is 1.19. The van der Waals surface area contributed by atoms with Gasteiger partial charge >= 0.3 is 6.54 Å². The van der Waals surface area contributed by atoms with Crippen molar-refractivity contribution in [3.63, 3.8) is 0 Å². The molecule has 0 bridgehead atoms. The lowest BCUT2D eigenvalue weighted by atomic mass is 9.65. The molecule has 0 unspecified atom stereocenters. The minimum absolute atomic E-state index is 0.0276. The number of hydrogen-bond acceptors (Lipinski definition) is 4. The fourth-order valence-electron chi connectivity index (χ4n) is 4.41. The van der Waals surface area contributed by atoms with Gasteiger partial charge in [-0.25, -0.2) is 0 Å².